The fraction of sp³-hybridized carbons (Fsp3) is 0.524. The van der Waals surface area contributed by atoms with Crippen molar-refractivity contribution in [2.45, 2.75) is 26.3 Å². The molecule has 0 saturated carbocycles. The Labute approximate surface area is 187 Å². The molecule has 8 nitrogen and oxygen atoms in total. The lowest BCUT2D eigenvalue weighted by molar-refractivity contribution is 0.0743. The highest BCUT2D eigenvalue weighted by Gasteiger charge is 2.33. The first kappa shape index (κ1) is 22.0. The van der Waals surface area contributed by atoms with E-state index < -0.39 is 9.84 Å². The molecule has 31 heavy (non-hydrogen) atoms. The van der Waals surface area contributed by atoms with Gasteiger partial charge in [-0.3, -0.25) is 9.48 Å². The number of piperazine rings is 1. The summed E-state index contributed by atoms with van der Waals surface area (Å²) in [7, 11) is -1.44. The topological polar surface area (TPSA) is 84.7 Å². The summed E-state index contributed by atoms with van der Waals surface area (Å²) >= 11 is 6.09. The first-order valence-electron chi connectivity index (χ1n) is 10.3. The summed E-state index contributed by atoms with van der Waals surface area (Å²) in [6.45, 7) is 6.42. The highest BCUT2D eigenvalue weighted by Crippen LogP contribution is 2.32. The quantitative estimate of drug-likeness (QED) is 0.688. The second-order valence-electron chi connectivity index (χ2n) is 8.14. The van der Waals surface area contributed by atoms with Crippen LogP contribution in [0.1, 0.15) is 34.2 Å². The van der Waals surface area contributed by atoms with Crippen LogP contribution in [0.3, 0.4) is 0 Å². The van der Waals surface area contributed by atoms with Crippen molar-refractivity contribution in [3.8, 4) is 5.75 Å². The number of carbonyl (C=O) groups excluding carboxylic acids is 1. The summed E-state index contributed by atoms with van der Waals surface area (Å²) in [5.41, 5.74) is 3.37. The highest BCUT2D eigenvalue weighted by molar-refractivity contribution is 7.91. The number of methoxy groups -OCH3 is 1. The minimum Gasteiger partial charge on any atom is -0.496 e. The SMILES string of the molecule is COc1ccc(Cl)cc1C(=O)N1CCN(c2c(C)nn(C3CCS(=O)(=O)C3)c2C)CC1. The second kappa shape index (κ2) is 8.35. The molecule has 0 bridgehead atoms. The van der Waals surface area contributed by atoms with Crippen LogP contribution in [0.2, 0.25) is 5.02 Å². The number of amides is 1. The first-order valence-corrected chi connectivity index (χ1v) is 12.5. The third-order valence-corrected chi connectivity index (χ3v) is 8.10. The Hall–Kier alpha value is -2.26. The van der Waals surface area contributed by atoms with E-state index in [9.17, 15) is 13.2 Å². The fourth-order valence-corrected chi connectivity index (χ4v) is 6.45. The lowest BCUT2D eigenvalue weighted by Gasteiger charge is -2.36. The lowest BCUT2D eigenvalue weighted by atomic mass is 10.1. The Morgan fingerprint density at radius 2 is 1.90 bits per heavy atom. The number of benzene rings is 1. The van der Waals surface area contributed by atoms with Crippen molar-refractivity contribution < 1.29 is 17.9 Å². The predicted octanol–water partition coefficient (Wildman–Crippen LogP) is 2.48. The van der Waals surface area contributed by atoms with E-state index in [0.29, 0.717) is 48.9 Å². The molecule has 0 spiro atoms. The standard InChI is InChI=1S/C21H27ClN4O4S/c1-14-20(15(2)26(23-14)17-6-11-31(28,29)13-17)24-7-9-25(10-8-24)21(27)18-12-16(22)4-5-19(18)30-3/h4-5,12,17H,6-11,13H2,1-3H3. The van der Waals surface area contributed by atoms with Crippen LogP contribution in [0.4, 0.5) is 5.69 Å². The average molecular weight is 467 g/mol. The number of aromatic nitrogens is 2. The van der Waals surface area contributed by atoms with Crippen LogP contribution in [0.25, 0.3) is 0 Å². The molecule has 1 atom stereocenters. The molecule has 1 aromatic heterocycles. The van der Waals surface area contributed by atoms with Crippen LogP contribution in [0.15, 0.2) is 18.2 Å². The van der Waals surface area contributed by atoms with E-state index in [1.54, 1.807) is 18.2 Å². The molecule has 1 unspecified atom stereocenters. The van der Waals surface area contributed by atoms with Gasteiger partial charge in [0.05, 0.1) is 47.3 Å². The van der Waals surface area contributed by atoms with Crippen molar-refractivity contribution >= 4 is 33.0 Å². The third-order valence-electron chi connectivity index (χ3n) is 6.12. The molecule has 2 aliphatic rings. The van der Waals surface area contributed by atoms with Crippen LogP contribution in [-0.4, -0.2) is 73.8 Å². The van der Waals surface area contributed by atoms with Gasteiger partial charge >= 0.3 is 0 Å². The summed E-state index contributed by atoms with van der Waals surface area (Å²) in [5, 5.41) is 5.16. The Morgan fingerprint density at radius 1 is 1.19 bits per heavy atom. The number of nitrogens with zero attached hydrogens (tertiary/aromatic N) is 4. The van der Waals surface area contributed by atoms with Crippen molar-refractivity contribution in [3.63, 3.8) is 0 Å². The molecule has 3 heterocycles. The number of sulfone groups is 1. The molecule has 4 rings (SSSR count). The second-order valence-corrected chi connectivity index (χ2v) is 10.8. The molecule has 2 fully saturated rings. The number of ether oxygens (including phenoxy) is 1. The number of hydrogen-bond donors (Lipinski definition) is 0. The molecule has 168 valence electrons. The third kappa shape index (κ3) is 4.25. The maximum absolute atomic E-state index is 13.0. The van der Waals surface area contributed by atoms with Gasteiger partial charge in [-0.25, -0.2) is 8.42 Å². The first-order chi connectivity index (χ1) is 14.7. The van der Waals surface area contributed by atoms with Gasteiger partial charge in [0.15, 0.2) is 9.84 Å². The number of anilines is 1. The van der Waals surface area contributed by atoms with E-state index in [1.807, 2.05) is 23.4 Å². The molecule has 1 amide bonds. The summed E-state index contributed by atoms with van der Waals surface area (Å²) in [6, 6.07) is 4.95. The molecule has 2 aromatic rings. The molecule has 0 radical (unpaired) electrons. The molecule has 0 aliphatic carbocycles. The largest absolute Gasteiger partial charge is 0.496 e. The molecule has 2 aliphatic heterocycles. The number of halogens is 1. The van der Waals surface area contributed by atoms with Crippen molar-refractivity contribution in [2.24, 2.45) is 0 Å². The number of aryl methyl sites for hydroxylation is 1. The van der Waals surface area contributed by atoms with Crippen LogP contribution < -0.4 is 9.64 Å². The van der Waals surface area contributed by atoms with E-state index in [-0.39, 0.29) is 23.5 Å². The van der Waals surface area contributed by atoms with Crippen LogP contribution in [-0.2, 0) is 9.84 Å². The van der Waals surface area contributed by atoms with Crippen molar-refractivity contribution in [3.05, 3.63) is 40.2 Å². The summed E-state index contributed by atoms with van der Waals surface area (Å²) in [5.74, 6) is 0.785. The van der Waals surface area contributed by atoms with E-state index in [2.05, 4.69) is 10.00 Å². The zero-order valence-corrected chi connectivity index (χ0v) is 19.5. The molecular weight excluding hydrogens is 440 g/mol. The number of carbonyl (C=O) groups is 1. The van der Waals surface area contributed by atoms with Crippen molar-refractivity contribution in [2.75, 3.05) is 49.7 Å². The van der Waals surface area contributed by atoms with Crippen molar-refractivity contribution in [1.82, 2.24) is 14.7 Å². The normalized spacial score (nSPS) is 20.8. The van der Waals surface area contributed by atoms with E-state index in [1.165, 1.54) is 7.11 Å². The van der Waals surface area contributed by atoms with Crippen LogP contribution in [0, 0.1) is 13.8 Å². The molecular formula is C21H27ClN4O4S. The van der Waals surface area contributed by atoms with Gasteiger partial charge in [0.2, 0.25) is 0 Å². The van der Waals surface area contributed by atoms with Gasteiger partial charge in [-0.1, -0.05) is 11.6 Å². The number of hydrogen-bond acceptors (Lipinski definition) is 6. The Balaban J connectivity index is 1.48. The van der Waals surface area contributed by atoms with E-state index in [4.69, 9.17) is 16.3 Å². The smallest absolute Gasteiger partial charge is 0.257 e. The summed E-state index contributed by atoms with van der Waals surface area (Å²) in [6.07, 6.45) is 0.605. The maximum atomic E-state index is 13.0. The number of rotatable bonds is 4. The molecule has 1 aromatic carbocycles. The van der Waals surface area contributed by atoms with Gasteiger partial charge in [-0.2, -0.15) is 5.10 Å². The van der Waals surface area contributed by atoms with E-state index in [0.717, 1.165) is 17.1 Å². The fourth-order valence-electron chi connectivity index (χ4n) is 4.59. The Bertz CT molecular complexity index is 1110. The zero-order chi connectivity index (χ0) is 22.3. The van der Waals surface area contributed by atoms with Gasteiger partial charge in [0.1, 0.15) is 5.75 Å². The summed E-state index contributed by atoms with van der Waals surface area (Å²) in [4.78, 5) is 17.1. The van der Waals surface area contributed by atoms with Crippen LogP contribution >= 0.6 is 11.6 Å². The van der Waals surface area contributed by atoms with Gasteiger partial charge < -0.3 is 14.5 Å². The van der Waals surface area contributed by atoms with E-state index >= 15 is 0 Å². The minimum atomic E-state index is -2.98. The average Bonchev–Trinajstić information content (AvgIpc) is 3.25. The molecule has 0 N–H and O–H groups in total. The lowest BCUT2D eigenvalue weighted by Crippen LogP contribution is -2.49. The molecule has 10 heteroatoms. The minimum absolute atomic E-state index is 0.0979. The highest BCUT2D eigenvalue weighted by atomic mass is 35.5. The van der Waals surface area contributed by atoms with Gasteiger partial charge in [-0.05, 0) is 38.5 Å². The van der Waals surface area contributed by atoms with Crippen LogP contribution in [0.5, 0.6) is 5.75 Å². The van der Waals surface area contributed by atoms with Gasteiger partial charge in [0, 0.05) is 31.2 Å². The van der Waals surface area contributed by atoms with Crippen molar-refractivity contribution in [1.29, 1.82) is 0 Å². The molecule has 2 saturated heterocycles. The van der Waals surface area contributed by atoms with Gasteiger partial charge in [-0.15, -0.1) is 0 Å². The Kier molecular flexibility index (Phi) is 5.91. The Morgan fingerprint density at radius 3 is 2.52 bits per heavy atom. The zero-order valence-electron chi connectivity index (χ0n) is 18.0. The van der Waals surface area contributed by atoms with Gasteiger partial charge in [0.25, 0.3) is 5.91 Å². The maximum Gasteiger partial charge on any atom is 0.257 e. The monoisotopic (exact) mass is 466 g/mol. The summed E-state index contributed by atoms with van der Waals surface area (Å²) < 4.78 is 31.0. The predicted molar refractivity (Wildman–Crippen MR) is 120 cm³/mol.